The Hall–Kier alpha value is -2.99. The number of benzene rings is 2. The lowest BCUT2D eigenvalue weighted by atomic mass is 10.0. The van der Waals surface area contributed by atoms with Gasteiger partial charge in [-0.1, -0.05) is 51.0 Å². The smallest absolute Gasteiger partial charge is 0.270 e. The standard InChI is InChI=1S/C26H29N3O2S/c1-18(2)20-9-13-22(14-10-20)29-25(31)23(24(30)27-26(29)32)17-19-7-11-21(12-8-19)28-15-5-3-4-6-16-28/h7-14,17-18H,3-6,15-16H2,1-2H3,(H,27,30,32). The van der Waals surface area contributed by atoms with Crippen molar-refractivity contribution in [1.29, 1.82) is 0 Å². The first-order chi connectivity index (χ1) is 15.4. The van der Waals surface area contributed by atoms with E-state index < -0.39 is 11.8 Å². The van der Waals surface area contributed by atoms with E-state index in [9.17, 15) is 9.59 Å². The molecule has 2 fully saturated rings. The van der Waals surface area contributed by atoms with E-state index in [1.807, 2.05) is 36.4 Å². The van der Waals surface area contributed by atoms with Crippen molar-refractivity contribution in [2.75, 3.05) is 22.9 Å². The Morgan fingerprint density at radius 1 is 0.875 bits per heavy atom. The van der Waals surface area contributed by atoms with E-state index >= 15 is 0 Å². The first-order valence-corrected chi connectivity index (χ1v) is 11.7. The molecular weight excluding hydrogens is 418 g/mol. The molecule has 2 heterocycles. The zero-order valence-corrected chi connectivity index (χ0v) is 19.5. The van der Waals surface area contributed by atoms with E-state index in [0.29, 0.717) is 11.6 Å². The van der Waals surface area contributed by atoms with Crippen LogP contribution in [-0.2, 0) is 9.59 Å². The minimum Gasteiger partial charge on any atom is -0.372 e. The average Bonchev–Trinajstić information content (AvgIpc) is 3.07. The van der Waals surface area contributed by atoms with Crippen LogP contribution in [0, 0.1) is 0 Å². The van der Waals surface area contributed by atoms with Crippen molar-refractivity contribution in [3.63, 3.8) is 0 Å². The van der Waals surface area contributed by atoms with Gasteiger partial charge >= 0.3 is 0 Å². The molecule has 6 heteroatoms. The fraction of sp³-hybridized carbons (Fsp3) is 0.346. The van der Waals surface area contributed by atoms with Gasteiger partial charge < -0.3 is 4.90 Å². The number of anilines is 2. The summed E-state index contributed by atoms with van der Waals surface area (Å²) in [6.07, 6.45) is 6.65. The van der Waals surface area contributed by atoms with Crippen LogP contribution in [0.1, 0.15) is 56.6 Å². The molecule has 2 aromatic rings. The topological polar surface area (TPSA) is 52.7 Å². The monoisotopic (exact) mass is 447 g/mol. The Bertz CT molecular complexity index is 1030. The number of hydrogen-bond acceptors (Lipinski definition) is 4. The number of carbonyl (C=O) groups excluding carboxylic acids is 2. The van der Waals surface area contributed by atoms with Gasteiger partial charge in [-0.2, -0.15) is 0 Å². The Kier molecular flexibility index (Phi) is 6.70. The molecule has 2 amide bonds. The third-order valence-corrected chi connectivity index (χ3v) is 6.38. The Labute approximate surface area is 195 Å². The van der Waals surface area contributed by atoms with Crippen LogP contribution in [0.2, 0.25) is 0 Å². The first kappa shape index (κ1) is 22.2. The van der Waals surface area contributed by atoms with E-state index in [-0.39, 0.29) is 10.7 Å². The molecule has 0 spiro atoms. The third kappa shape index (κ3) is 4.75. The highest BCUT2D eigenvalue weighted by atomic mass is 32.1. The normalized spacial score (nSPS) is 18.8. The van der Waals surface area contributed by atoms with Gasteiger partial charge in [-0.15, -0.1) is 0 Å². The van der Waals surface area contributed by atoms with Gasteiger partial charge in [0.1, 0.15) is 5.57 Å². The van der Waals surface area contributed by atoms with Crippen molar-refractivity contribution in [2.24, 2.45) is 0 Å². The molecule has 0 atom stereocenters. The van der Waals surface area contributed by atoms with E-state index in [0.717, 1.165) is 18.7 Å². The molecule has 5 nitrogen and oxygen atoms in total. The zero-order valence-electron chi connectivity index (χ0n) is 18.6. The maximum Gasteiger partial charge on any atom is 0.270 e. The fourth-order valence-corrected chi connectivity index (χ4v) is 4.46. The van der Waals surface area contributed by atoms with Crippen LogP contribution in [0.15, 0.2) is 54.1 Å². The molecule has 0 radical (unpaired) electrons. The number of thiocarbonyl (C=S) groups is 1. The van der Waals surface area contributed by atoms with Crippen molar-refractivity contribution in [3.05, 3.63) is 65.2 Å². The number of amides is 2. The highest BCUT2D eigenvalue weighted by molar-refractivity contribution is 7.80. The van der Waals surface area contributed by atoms with Crippen molar-refractivity contribution < 1.29 is 9.59 Å². The molecule has 0 bridgehead atoms. The van der Waals surface area contributed by atoms with E-state index in [1.54, 1.807) is 6.08 Å². The second-order valence-corrected chi connectivity index (χ2v) is 9.08. The van der Waals surface area contributed by atoms with Crippen LogP contribution in [0.5, 0.6) is 0 Å². The zero-order chi connectivity index (χ0) is 22.7. The van der Waals surface area contributed by atoms with Gasteiger partial charge in [-0.05, 0) is 72.4 Å². The third-order valence-electron chi connectivity index (χ3n) is 6.09. The van der Waals surface area contributed by atoms with Gasteiger partial charge in [0.15, 0.2) is 5.11 Å². The second-order valence-electron chi connectivity index (χ2n) is 8.70. The van der Waals surface area contributed by atoms with Crippen molar-refractivity contribution in [3.8, 4) is 0 Å². The molecule has 0 aliphatic carbocycles. The van der Waals surface area contributed by atoms with Crippen LogP contribution < -0.4 is 15.1 Å². The predicted octanol–water partition coefficient (Wildman–Crippen LogP) is 5.02. The van der Waals surface area contributed by atoms with Gasteiger partial charge in [0.2, 0.25) is 0 Å². The van der Waals surface area contributed by atoms with Crippen molar-refractivity contribution >= 4 is 46.6 Å². The van der Waals surface area contributed by atoms with Crippen LogP contribution in [-0.4, -0.2) is 30.0 Å². The summed E-state index contributed by atoms with van der Waals surface area (Å²) in [4.78, 5) is 29.6. The van der Waals surface area contributed by atoms with Gasteiger partial charge in [0, 0.05) is 18.8 Å². The molecule has 0 aromatic heterocycles. The lowest BCUT2D eigenvalue weighted by Crippen LogP contribution is -2.54. The molecule has 0 saturated carbocycles. The van der Waals surface area contributed by atoms with Gasteiger partial charge in [0.25, 0.3) is 11.8 Å². The second kappa shape index (κ2) is 9.65. The fourth-order valence-electron chi connectivity index (χ4n) is 4.18. The van der Waals surface area contributed by atoms with E-state index in [2.05, 4.69) is 36.2 Å². The SMILES string of the molecule is CC(C)c1ccc(N2C(=O)C(=Cc3ccc(N4CCCCCC4)cc3)C(=O)NC2=S)cc1. The maximum absolute atomic E-state index is 13.2. The Morgan fingerprint density at radius 3 is 2.06 bits per heavy atom. The molecule has 2 aromatic carbocycles. The van der Waals surface area contributed by atoms with E-state index in [1.165, 1.54) is 41.8 Å². The number of nitrogens with one attached hydrogen (secondary N) is 1. The van der Waals surface area contributed by atoms with Crippen LogP contribution in [0.4, 0.5) is 11.4 Å². The Morgan fingerprint density at radius 2 is 1.47 bits per heavy atom. The lowest BCUT2D eigenvalue weighted by Gasteiger charge is -2.29. The summed E-state index contributed by atoms with van der Waals surface area (Å²) in [6, 6.07) is 15.8. The quantitative estimate of drug-likeness (QED) is 0.406. The minimum absolute atomic E-state index is 0.0778. The summed E-state index contributed by atoms with van der Waals surface area (Å²) in [5.41, 5.74) is 3.89. The Balaban J connectivity index is 1.57. The largest absolute Gasteiger partial charge is 0.372 e. The molecule has 4 rings (SSSR count). The van der Waals surface area contributed by atoms with Gasteiger partial charge in [-0.25, -0.2) is 0 Å². The number of hydrogen-bond donors (Lipinski definition) is 1. The van der Waals surface area contributed by atoms with Crippen molar-refractivity contribution in [1.82, 2.24) is 5.32 Å². The van der Waals surface area contributed by atoms with Gasteiger partial charge in [-0.3, -0.25) is 19.8 Å². The first-order valence-electron chi connectivity index (χ1n) is 11.3. The summed E-state index contributed by atoms with van der Waals surface area (Å²) in [5, 5.41) is 2.76. The maximum atomic E-state index is 13.2. The van der Waals surface area contributed by atoms with Crippen LogP contribution in [0.25, 0.3) is 6.08 Å². The molecule has 2 saturated heterocycles. The van der Waals surface area contributed by atoms with Crippen LogP contribution in [0.3, 0.4) is 0 Å². The summed E-state index contributed by atoms with van der Waals surface area (Å²) >= 11 is 5.31. The lowest BCUT2D eigenvalue weighted by molar-refractivity contribution is -0.122. The minimum atomic E-state index is -0.466. The highest BCUT2D eigenvalue weighted by Gasteiger charge is 2.34. The van der Waals surface area contributed by atoms with Gasteiger partial charge in [0.05, 0.1) is 5.69 Å². The number of carbonyl (C=O) groups is 2. The molecule has 32 heavy (non-hydrogen) atoms. The van der Waals surface area contributed by atoms with Crippen molar-refractivity contribution in [2.45, 2.75) is 45.4 Å². The molecular formula is C26H29N3O2S. The highest BCUT2D eigenvalue weighted by Crippen LogP contribution is 2.25. The summed E-state index contributed by atoms with van der Waals surface area (Å²) < 4.78 is 0. The molecule has 0 unspecified atom stereocenters. The molecule has 2 aliphatic heterocycles. The predicted molar refractivity (Wildman–Crippen MR) is 134 cm³/mol. The molecule has 1 N–H and O–H groups in total. The molecule has 2 aliphatic rings. The summed E-state index contributed by atoms with van der Waals surface area (Å²) in [7, 11) is 0. The van der Waals surface area contributed by atoms with E-state index in [4.69, 9.17) is 12.2 Å². The number of rotatable bonds is 4. The summed E-state index contributed by atoms with van der Waals surface area (Å²) in [5.74, 6) is -0.486. The summed E-state index contributed by atoms with van der Waals surface area (Å²) in [6.45, 7) is 6.38. The number of nitrogens with zero attached hydrogens (tertiary/aromatic N) is 2. The average molecular weight is 448 g/mol. The molecule has 166 valence electrons. The van der Waals surface area contributed by atoms with Crippen LogP contribution >= 0.6 is 12.2 Å².